The molecule has 0 saturated heterocycles. The van der Waals surface area contributed by atoms with E-state index in [1.807, 2.05) is 13.8 Å². The molecular weight excluding hydrogens is 255 g/mol. The minimum Gasteiger partial charge on any atom is -0.337 e. The third-order valence-electron chi connectivity index (χ3n) is 3.79. The van der Waals surface area contributed by atoms with Gasteiger partial charge in [-0.25, -0.2) is 0 Å². The van der Waals surface area contributed by atoms with Gasteiger partial charge in [0.15, 0.2) is 0 Å². The molecule has 1 fully saturated rings. The van der Waals surface area contributed by atoms with Crippen LogP contribution >= 0.6 is 0 Å². The van der Waals surface area contributed by atoms with Gasteiger partial charge in [0.2, 0.25) is 0 Å². The molecule has 1 radical (unpaired) electrons. The van der Waals surface area contributed by atoms with Crippen LogP contribution in [-0.2, 0) is 18.6 Å². The van der Waals surface area contributed by atoms with E-state index in [1.165, 1.54) is 32.1 Å². The minimum absolute atomic E-state index is 0. The van der Waals surface area contributed by atoms with E-state index in [4.69, 9.17) is 0 Å². The monoisotopic (exact) mass is 290 g/mol. The Labute approximate surface area is 129 Å². The van der Waals surface area contributed by atoms with Crippen molar-refractivity contribution in [2.75, 3.05) is 0 Å². The average Bonchev–Trinajstić information content (AvgIpc) is 2.17. The molecule has 1 saturated carbocycles. The zero-order valence-electron chi connectivity index (χ0n) is 13.8. The third-order valence-corrected chi connectivity index (χ3v) is 3.79. The maximum Gasteiger partial charge on any atom is 0 e. The van der Waals surface area contributed by atoms with Crippen LogP contribution in [0.1, 0.15) is 80.6 Å². The Morgan fingerprint density at radius 2 is 1.39 bits per heavy atom. The van der Waals surface area contributed by atoms with Crippen molar-refractivity contribution in [2.45, 2.75) is 80.6 Å². The van der Waals surface area contributed by atoms with E-state index < -0.39 is 0 Å². The maximum absolute atomic E-state index is 4.37. The van der Waals surface area contributed by atoms with Crippen LogP contribution in [0.5, 0.6) is 0 Å². The summed E-state index contributed by atoms with van der Waals surface area (Å²) in [6.07, 6.45) is 7.06. The van der Waals surface area contributed by atoms with Crippen molar-refractivity contribution in [3.8, 4) is 0 Å². The molecule has 0 N–H and O–H groups in total. The van der Waals surface area contributed by atoms with Crippen molar-refractivity contribution >= 4 is 0 Å². The van der Waals surface area contributed by atoms with Crippen molar-refractivity contribution in [1.82, 2.24) is 0 Å². The summed E-state index contributed by atoms with van der Waals surface area (Å²) >= 11 is 0. The number of hydrogen-bond acceptors (Lipinski definition) is 0. The van der Waals surface area contributed by atoms with Gasteiger partial charge in [-0.3, -0.25) is 0 Å². The van der Waals surface area contributed by atoms with Crippen molar-refractivity contribution in [3.05, 3.63) is 6.92 Å². The van der Waals surface area contributed by atoms with Crippen molar-refractivity contribution in [1.29, 1.82) is 0 Å². The summed E-state index contributed by atoms with van der Waals surface area (Å²) in [5, 5.41) is 0. The summed E-state index contributed by atoms with van der Waals surface area (Å²) in [5.41, 5.74) is 0.738. The van der Waals surface area contributed by atoms with Gasteiger partial charge < -0.3 is 6.92 Å². The van der Waals surface area contributed by atoms with Crippen LogP contribution in [0.3, 0.4) is 0 Å². The van der Waals surface area contributed by atoms with Crippen LogP contribution in [0.4, 0.5) is 0 Å². The smallest absolute Gasteiger partial charge is 0 e. The van der Waals surface area contributed by atoms with Gasteiger partial charge >= 0.3 is 0 Å². The van der Waals surface area contributed by atoms with Crippen LogP contribution in [0.2, 0.25) is 0 Å². The fourth-order valence-corrected chi connectivity index (χ4v) is 3.27. The maximum atomic E-state index is 4.37. The SMILES string of the molecule is CC.[CH2-]C(C)(C)C1CCCCC1CC(C)(C)C.[V]. The number of hydrogen-bond donors (Lipinski definition) is 0. The molecule has 0 bridgehead atoms. The fraction of sp³-hybridized carbons (Fsp3) is 0.941. The molecule has 1 rings (SSSR count). The molecule has 0 aromatic rings. The van der Waals surface area contributed by atoms with Crippen LogP contribution in [0, 0.1) is 29.6 Å². The van der Waals surface area contributed by atoms with Gasteiger partial charge in [0.1, 0.15) is 0 Å². The van der Waals surface area contributed by atoms with Crippen molar-refractivity contribution in [2.24, 2.45) is 22.7 Å². The second-order valence-corrected chi connectivity index (χ2v) is 7.40. The van der Waals surface area contributed by atoms with E-state index >= 15 is 0 Å². The first-order valence-electron chi connectivity index (χ1n) is 7.55. The first-order valence-corrected chi connectivity index (χ1v) is 7.55. The van der Waals surface area contributed by atoms with Crippen LogP contribution < -0.4 is 0 Å². The summed E-state index contributed by atoms with van der Waals surface area (Å²) in [4.78, 5) is 0. The normalized spacial score (nSPS) is 24.7. The van der Waals surface area contributed by atoms with Crippen LogP contribution in [0.25, 0.3) is 0 Å². The van der Waals surface area contributed by atoms with Crippen molar-refractivity contribution < 1.29 is 18.6 Å². The molecule has 0 amide bonds. The molecule has 109 valence electrons. The Morgan fingerprint density at radius 1 is 0.944 bits per heavy atom. The van der Waals surface area contributed by atoms with Crippen molar-refractivity contribution in [3.63, 3.8) is 0 Å². The molecule has 0 spiro atoms. The van der Waals surface area contributed by atoms with E-state index in [-0.39, 0.29) is 24.0 Å². The average molecular weight is 290 g/mol. The molecule has 0 aromatic heterocycles. The van der Waals surface area contributed by atoms with E-state index in [2.05, 4.69) is 41.5 Å². The zero-order chi connectivity index (χ0) is 13.7. The molecule has 1 aliphatic rings. The Hall–Kier alpha value is 0.584. The van der Waals surface area contributed by atoms with Gasteiger partial charge in [-0.1, -0.05) is 80.1 Å². The second-order valence-electron chi connectivity index (χ2n) is 7.40. The largest absolute Gasteiger partial charge is 0.337 e. The molecule has 0 aliphatic heterocycles. The molecule has 2 atom stereocenters. The quantitative estimate of drug-likeness (QED) is 0.538. The van der Waals surface area contributed by atoms with E-state index in [0.717, 1.165) is 11.8 Å². The second kappa shape index (κ2) is 8.70. The molecule has 0 nitrogen and oxygen atoms in total. The van der Waals surface area contributed by atoms with Crippen LogP contribution in [-0.4, -0.2) is 0 Å². The first-order chi connectivity index (χ1) is 7.70. The molecule has 0 aromatic carbocycles. The third kappa shape index (κ3) is 7.90. The Kier molecular flexibility index (Phi) is 10.1. The molecule has 1 heteroatoms. The predicted octanol–water partition coefficient (Wildman–Crippen LogP) is 6.11. The van der Waals surface area contributed by atoms with Gasteiger partial charge in [0.05, 0.1) is 0 Å². The van der Waals surface area contributed by atoms with Gasteiger partial charge in [0, 0.05) is 18.6 Å². The summed E-state index contributed by atoms with van der Waals surface area (Å²) in [6, 6.07) is 0. The molecule has 2 unspecified atom stereocenters. The van der Waals surface area contributed by atoms with E-state index in [0.29, 0.717) is 5.41 Å². The molecular formula is C17H35V-. The summed E-state index contributed by atoms with van der Waals surface area (Å²) < 4.78 is 0. The zero-order valence-corrected chi connectivity index (χ0v) is 15.2. The van der Waals surface area contributed by atoms with Crippen LogP contribution in [0.15, 0.2) is 0 Å². The fourth-order valence-electron chi connectivity index (χ4n) is 3.27. The molecule has 0 heterocycles. The minimum atomic E-state index is 0. The summed E-state index contributed by atoms with van der Waals surface area (Å²) in [5.74, 6) is 1.75. The Bertz CT molecular complexity index is 195. The summed E-state index contributed by atoms with van der Waals surface area (Å²) in [6.45, 7) is 20.1. The van der Waals surface area contributed by atoms with E-state index in [9.17, 15) is 0 Å². The standard InChI is InChI=1S/C15H29.C2H6.V/c1-14(2,3)11-12-9-7-8-10-13(12)15(4,5)6;1-2;/h12-13H,4,7-11H2,1-3,5-6H3;1-2H3;/q-1;;. The Morgan fingerprint density at radius 3 is 1.78 bits per heavy atom. The summed E-state index contributed by atoms with van der Waals surface area (Å²) in [7, 11) is 0. The topological polar surface area (TPSA) is 0 Å². The molecule has 1 aliphatic carbocycles. The van der Waals surface area contributed by atoms with Gasteiger partial charge in [-0.15, -0.1) is 0 Å². The first kappa shape index (κ1) is 20.9. The number of rotatable bonds is 2. The van der Waals surface area contributed by atoms with Gasteiger partial charge in [0.25, 0.3) is 0 Å². The van der Waals surface area contributed by atoms with E-state index in [1.54, 1.807) is 0 Å². The van der Waals surface area contributed by atoms with Gasteiger partial charge in [-0.2, -0.15) is 5.41 Å². The van der Waals surface area contributed by atoms with Gasteiger partial charge in [-0.05, 0) is 17.8 Å². The molecule has 18 heavy (non-hydrogen) atoms. The Balaban J connectivity index is 0. The predicted molar refractivity (Wildman–Crippen MR) is 80.0 cm³/mol.